The zero-order valence-corrected chi connectivity index (χ0v) is 12.9. The van der Waals surface area contributed by atoms with Gasteiger partial charge in [-0.15, -0.1) is 0 Å². The number of hydrogen-bond acceptors (Lipinski definition) is 0. The monoisotopic (exact) mass is 150 g/mol. The molecule has 0 aromatic heterocycles. The van der Waals surface area contributed by atoms with Crippen LogP contribution in [0.15, 0.2) is 0 Å². The summed E-state index contributed by atoms with van der Waals surface area (Å²) in [5.41, 5.74) is 0. The first-order valence-corrected chi connectivity index (χ1v) is 0. The van der Waals surface area contributed by atoms with Crippen LogP contribution in [-0.2, 0) is 19.5 Å². The van der Waals surface area contributed by atoms with Crippen LogP contribution in [0.4, 0.5) is 0 Å². The van der Waals surface area contributed by atoms with E-state index in [0.29, 0.717) is 0 Å². The van der Waals surface area contributed by atoms with Crippen LogP contribution in [0.3, 0.4) is 0 Å². The molecule has 0 fully saturated rings. The fourth-order valence-corrected chi connectivity index (χ4v) is 0. The van der Waals surface area contributed by atoms with Crippen molar-refractivity contribution in [1.82, 2.24) is 0 Å². The van der Waals surface area contributed by atoms with Gasteiger partial charge in [-0.25, -0.2) is 0 Å². The maximum absolute atomic E-state index is 0. The molecule has 0 unspecified atom stereocenters. The summed E-state index contributed by atoms with van der Waals surface area (Å²) in [6, 6.07) is 0. The van der Waals surface area contributed by atoms with Crippen molar-refractivity contribution in [2.75, 3.05) is 0 Å². The number of hydrogen-bond donors (Lipinski definition) is 0. The van der Waals surface area contributed by atoms with Gasteiger partial charge in [0.1, 0.15) is 0 Å². The summed E-state index contributed by atoms with van der Waals surface area (Å²) in [7, 11) is 0. The van der Waals surface area contributed by atoms with E-state index >= 15 is 0 Å². The van der Waals surface area contributed by atoms with Crippen molar-refractivity contribution in [3.8, 4) is 0 Å². The molecule has 0 aliphatic carbocycles. The zero-order valence-electron chi connectivity index (χ0n) is 3.41. The molecule has 4 heteroatoms. The van der Waals surface area contributed by atoms with Crippen LogP contribution in [0, 0.1) is 0 Å². The van der Waals surface area contributed by atoms with E-state index in [0.717, 1.165) is 0 Å². The molecule has 0 N–H and O–H groups in total. The second kappa shape index (κ2) is 15.7. The Morgan fingerprint density at radius 1 is 1.00 bits per heavy atom. The molecule has 4 radical (unpaired) electrons. The molecule has 0 bridgehead atoms. The minimum Gasteiger partial charge on any atom is 0 e. The Morgan fingerprint density at radius 2 is 1.00 bits per heavy atom. The van der Waals surface area contributed by atoms with Gasteiger partial charge in [-0.1, -0.05) is 0 Å². The fraction of sp³-hybridized carbons (Fsp3) is 0. The Kier molecular flexibility index (Phi) is 96.2. The molecule has 0 amide bonds. The summed E-state index contributed by atoms with van der Waals surface area (Å²) < 4.78 is 0. The molecule has 0 saturated heterocycles. The van der Waals surface area contributed by atoms with Gasteiger partial charge in [0, 0.05) is 123 Å². The van der Waals surface area contributed by atoms with Crippen molar-refractivity contribution >= 4 is 104 Å². The average Bonchev–Trinajstić information content (AvgIpc) is 0. The second-order valence-electron chi connectivity index (χ2n) is 0. The van der Waals surface area contributed by atoms with Crippen LogP contribution in [0.2, 0.25) is 0 Å². The molecular formula is KMgNaZn. The fourth-order valence-electron chi connectivity index (χ4n) is 0. The van der Waals surface area contributed by atoms with Gasteiger partial charge in [-0.3, -0.25) is 0 Å². The molecule has 6 valence electrons. The third kappa shape index (κ3) is 9.39. The van der Waals surface area contributed by atoms with Crippen LogP contribution in [0.25, 0.3) is 0 Å². The summed E-state index contributed by atoms with van der Waals surface area (Å²) in [6.45, 7) is 0. The van der Waals surface area contributed by atoms with E-state index in [-0.39, 0.29) is 123 Å². The maximum Gasteiger partial charge on any atom is 0 e. The topological polar surface area (TPSA) is 0 Å². The van der Waals surface area contributed by atoms with Crippen LogP contribution in [-0.4, -0.2) is 104 Å². The first-order chi connectivity index (χ1) is 0. The van der Waals surface area contributed by atoms with Gasteiger partial charge >= 0.3 is 0 Å². The summed E-state index contributed by atoms with van der Waals surface area (Å²) in [5.74, 6) is 0. The van der Waals surface area contributed by atoms with E-state index < -0.39 is 0 Å². The van der Waals surface area contributed by atoms with Crippen molar-refractivity contribution in [2.45, 2.75) is 0 Å². The quantitative estimate of drug-likeness (QED) is 0.384. The first-order valence-electron chi connectivity index (χ1n) is 0. The van der Waals surface area contributed by atoms with Gasteiger partial charge in [0.2, 0.25) is 0 Å². The summed E-state index contributed by atoms with van der Waals surface area (Å²) in [5, 5.41) is 0. The van der Waals surface area contributed by atoms with Crippen LogP contribution >= 0.6 is 0 Å². The predicted molar refractivity (Wildman–Crippen MR) is 17.3 cm³/mol. The molecule has 0 aliphatic heterocycles. The Labute approximate surface area is 120 Å². The van der Waals surface area contributed by atoms with Gasteiger partial charge < -0.3 is 0 Å². The maximum atomic E-state index is 0. The van der Waals surface area contributed by atoms with E-state index in [1.54, 1.807) is 0 Å². The Bertz CT molecular complexity index is 8.00. The van der Waals surface area contributed by atoms with Gasteiger partial charge in [-0.05, 0) is 0 Å². The van der Waals surface area contributed by atoms with Crippen LogP contribution in [0.5, 0.6) is 0 Å². The summed E-state index contributed by atoms with van der Waals surface area (Å²) >= 11 is 0. The predicted octanol–water partition coefficient (Wildman–Crippen LogP) is -1.14. The van der Waals surface area contributed by atoms with Crippen molar-refractivity contribution in [2.24, 2.45) is 0 Å². The van der Waals surface area contributed by atoms with E-state index in [2.05, 4.69) is 0 Å². The Balaban J connectivity index is 0. The van der Waals surface area contributed by atoms with E-state index in [1.807, 2.05) is 0 Å². The first kappa shape index (κ1) is 24.4. The average molecular weight is 152 g/mol. The molecule has 0 nitrogen and oxygen atoms in total. The van der Waals surface area contributed by atoms with Crippen molar-refractivity contribution in [3.05, 3.63) is 0 Å². The Morgan fingerprint density at radius 3 is 1.00 bits per heavy atom. The molecule has 0 aromatic rings. The van der Waals surface area contributed by atoms with Crippen LogP contribution in [0.1, 0.15) is 0 Å². The van der Waals surface area contributed by atoms with Gasteiger partial charge in [0.15, 0.2) is 0 Å². The zero-order chi connectivity index (χ0) is 0. The van der Waals surface area contributed by atoms with Crippen molar-refractivity contribution in [3.63, 3.8) is 0 Å². The largest absolute Gasteiger partial charge is 0 e. The molecule has 0 aliphatic rings. The molecular weight excluding hydrogens is 152 g/mol. The molecule has 0 rings (SSSR count). The standard InChI is InChI=1S/K.Mg.Na.Zn. The van der Waals surface area contributed by atoms with Gasteiger partial charge in [-0.2, -0.15) is 0 Å². The van der Waals surface area contributed by atoms with Gasteiger partial charge in [0.05, 0.1) is 0 Å². The molecule has 0 heterocycles. The van der Waals surface area contributed by atoms with E-state index in [4.69, 9.17) is 0 Å². The second-order valence-corrected chi connectivity index (χ2v) is 0. The minimum absolute atomic E-state index is 0. The molecule has 0 saturated carbocycles. The van der Waals surface area contributed by atoms with E-state index in [1.165, 1.54) is 0 Å². The SMILES string of the molecule is [K].[Mg].[Na].[Zn]. The minimum atomic E-state index is 0. The third-order valence-corrected chi connectivity index (χ3v) is 0. The molecule has 0 spiro atoms. The third-order valence-electron chi connectivity index (χ3n) is 0. The van der Waals surface area contributed by atoms with Crippen molar-refractivity contribution < 1.29 is 19.5 Å². The molecule has 0 atom stereocenters. The molecule has 0 aromatic carbocycles. The normalized spacial score (nSPS) is 0. The Hall–Kier alpha value is 4.03. The smallest absolute Gasteiger partial charge is 0 e. The summed E-state index contributed by atoms with van der Waals surface area (Å²) in [6.07, 6.45) is 0. The van der Waals surface area contributed by atoms with Crippen molar-refractivity contribution in [1.29, 1.82) is 0 Å². The molecule has 4 heavy (non-hydrogen) atoms. The van der Waals surface area contributed by atoms with Crippen LogP contribution < -0.4 is 0 Å². The van der Waals surface area contributed by atoms with Gasteiger partial charge in [0.25, 0.3) is 0 Å². The number of rotatable bonds is 0. The van der Waals surface area contributed by atoms with E-state index in [9.17, 15) is 0 Å². The summed E-state index contributed by atoms with van der Waals surface area (Å²) in [4.78, 5) is 0.